The number of methoxy groups -OCH3 is 1. The molecule has 1 aromatic carbocycles. The average Bonchev–Trinajstić information content (AvgIpc) is 2.78. The van der Waals surface area contributed by atoms with E-state index in [1.807, 2.05) is 6.07 Å². The van der Waals surface area contributed by atoms with Crippen LogP contribution in [0.15, 0.2) is 46.4 Å². The summed E-state index contributed by atoms with van der Waals surface area (Å²) in [7, 11) is 1.60. The zero-order valence-corrected chi connectivity index (χ0v) is 19.6. The maximum Gasteiger partial charge on any atom is 0.150 e. The molecule has 3 heterocycles. The molecule has 1 aromatic heterocycles. The van der Waals surface area contributed by atoms with E-state index >= 15 is 0 Å². The number of ether oxygens (including phenoxy) is 1. The predicted molar refractivity (Wildman–Crippen MR) is 129 cm³/mol. The predicted octanol–water partition coefficient (Wildman–Crippen LogP) is 3.56. The van der Waals surface area contributed by atoms with Crippen molar-refractivity contribution in [1.82, 2.24) is 14.9 Å². The van der Waals surface area contributed by atoms with Crippen LogP contribution in [-0.4, -0.2) is 54.4 Å². The Bertz CT molecular complexity index is 1070. The van der Waals surface area contributed by atoms with E-state index < -0.39 is 0 Å². The van der Waals surface area contributed by atoms with Gasteiger partial charge in [0.15, 0.2) is 5.82 Å². The quantitative estimate of drug-likeness (QED) is 0.482. The molecule has 0 aliphatic carbocycles. The van der Waals surface area contributed by atoms with Gasteiger partial charge in [-0.25, -0.2) is 9.98 Å². The van der Waals surface area contributed by atoms with Crippen molar-refractivity contribution in [3.05, 3.63) is 52.7 Å². The normalized spacial score (nSPS) is 17.3. The molecule has 0 amide bonds. The van der Waals surface area contributed by atoms with Crippen molar-refractivity contribution >= 4 is 33.6 Å². The summed E-state index contributed by atoms with van der Waals surface area (Å²) < 4.78 is 6.08. The number of hydrogen-bond acceptors (Lipinski definition) is 8. The summed E-state index contributed by atoms with van der Waals surface area (Å²) >= 11 is 3.48. The molecule has 0 saturated carbocycles. The molecule has 2 aliphatic heterocycles. The molecule has 2 saturated heterocycles. The first-order chi connectivity index (χ1) is 15.5. The van der Waals surface area contributed by atoms with Crippen molar-refractivity contribution in [3.8, 4) is 11.8 Å². The van der Waals surface area contributed by atoms with Gasteiger partial charge in [0.2, 0.25) is 0 Å². The van der Waals surface area contributed by atoms with Crippen LogP contribution in [0.1, 0.15) is 30.0 Å². The van der Waals surface area contributed by atoms with Gasteiger partial charge in [-0.15, -0.1) is 0 Å². The standard InChI is InChI=1S/C23H26BrN7O/c1-15(29-12-17-9-19(24)21(32-2)10-20(17)26)31-13-18(14-31)22-23(28-6-5-27-22)30-7-3-16(11-25)4-8-30/h5-6,9-10,12,16,18H,1,3-4,7-8,13-14,26H2,2H3/b29-12-. The van der Waals surface area contributed by atoms with E-state index in [1.54, 1.807) is 31.8 Å². The SMILES string of the molecule is C=C(/N=C\c1cc(Br)c(OC)cc1N)N1CC(c2nccnc2N2CCC(C#N)CC2)C1. The molecule has 0 bridgehead atoms. The number of nitrogens with two attached hydrogens (primary N) is 1. The number of aromatic nitrogens is 2. The summed E-state index contributed by atoms with van der Waals surface area (Å²) in [4.78, 5) is 18.2. The van der Waals surface area contributed by atoms with Crippen LogP contribution in [0.3, 0.4) is 0 Å². The fraction of sp³-hybridized carbons (Fsp3) is 0.391. The number of anilines is 2. The number of hydrogen-bond donors (Lipinski definition) is 1. The van der Waals surface area contributed by atoms with E-state index in [9.17, 15) is 0 Å². The Balaban J connectivity index is 1.39. The number of benzene rings is 1. The number of halogens is 1. The number of likely N-dealkylation sites (tertiary alicyclic amines) is 1. The zero-order chi connectivity index (χ0) is 22.7. The van der Waals surface area contributed by atoms with Gasteiger partial charge < -0.3 is 20.3 Å². The van der Waals surface area contributed by atoms with Crippen molar-refractivity contribution in [3.63, 3.8) is 0 Å². The summed E-state index contributed by atoms with van der Waals surface area (Å²) in [6.07, 6.45) is 6.97. The van der Waals surface area contributed by atoms with E-state index in [0.29, 0.717) is 17.3 Å². The number of nitrogens with zero attached hydrogens (tertiary/aromatic N) is 6. The third-order valence-corrected chi connectivity index (χ3v) is 6.65. The first kappa shape index (κ1) is 22.1. The molecule has 0 unspecified atom stereocenters. The Morgan fingerprint density at radius 3 is 2.72 bits per heavy atom. The molecule has 0 radical (unpaired) electrons. The Morgan fingerprint density at radius 1 is 1.31 bits per heavy atom. The van der Waals surface area contributed by atoms with Gasteiger partial charge in [-0.1, -0.05) is 6.58 Å². The summed E-state index contributed by atoms with van der Waals surface area (Å²) in [5, 5.41) is 9.15. The van der Waals surface area contributed by atoms with Crippen LogP contribution in [0.2, 0.25) is 0 Å². The Labute approximate surface area is 196 Å². The number of aliphatic imine (C=N–C) groups is 1. The molecule has 32 heavy (non-hydrogen) atoms. The number of nitrogen functional groups attached to an aromatic ring is 1. The van der Waals surface area contributed by atoms with Gasteiger partial charge in [-0.05, 0) is 34.8 Å². The van der Waals surface area contributed by atoms with E-state index in [-0.39, 0.29) is 11.8 Å². The van der Waals surface area contributed by atoms with E-state index in [2.05, 4.69) is 53.3 Å². The van der Waals surface area contributed by atoms with Crippen molar-refractivity contribution in [2.24, 2.45) is 10.9 Å². The average molecular weight is 496 g/mol. The summed E-state index contributed by atoms with van der Waals surface area (Å²) in [6, 6.07) is 6.03. The largest absolute Gasteiger partial charge is 0.495 e. The third kappa shape index (κ3) is 4.55. The van der Waals surface area contributed by atoms with Gasteiger partial charge in [0.05, 0.1) is 23.3 Å². The Hall–Kier alpha value is -3.12. The Kier molecular flexibility index (Phi) is 6.61. The van der Waals surface area contributed by atoms with Crippen LogP contribution >= 0.6 is 15.9 Å². The zero-order valence-electron chi connectivity index (χ0n) is 18.0. The number of piperidine rings is 1. The lowest BCUT2D eigenvalue weighted by Gasteiger charge is -2.41. The molecular weight excluding hydrogens is 470 g/mol. The molecular formula is C23H26BrN7O. The summed E-state index contributed by atoms with van der Waals surface area (Å²) in [5.41, 5.74) is 8.51. The third-order valence-electron chi connectivity index (χ3n) is 6.03. The summed E-state index contributed by atoms with van der Waals surface area (Å²) in [6.45, 7) is 7.38. The second-order valence-electron chi connectivity index (χ2n) is 8.05. The summed E-state index contributed by atoms with van der Waals surface area (Å²) in [5.74, 6) is 2.73. The van der Waals surface area contributed by atoms with Crippen LogP contribution < -0.4 is 15.4 Å². The highest BCUT2D eigenvalue weighted by molar-refractivity contribution is 9.10. The molecule has 2 N–H and O–H groups in total. The molecule has 166 valence electrons. The van der Waals surface area contributed by atoms with Crippen molar-refractivity contribution < 1.29 is 4.74 Å². The maximum absolute atomic E-state index is 9.15. The van der Waals surface area contributed by atoms with Gasteiger partial charge >= 0.3 is 0 Å². The van der Waals surface area contributed by atoms with E-state index in [1.165, 1.54) is 0 Å². The van der Waals surface area contributed by atoms with E-state index in [0.717, 1.165) is 60.6 Å². The molecule has 2 fully saturated rings. The number of nitriles is 1. The fourth-order valence-corrected chi connectivity index (χ4v) is 4.56. The van der Waals surface area contributed by atoms with Gasteiger partial charge in [-0.2, -0.15) is 5.26 Å². The second kappa shape index (κ2) is 9.57. The van der Waals surface area contributed by atoms with Gasteiger partial charge in [0.1, 0.15) is 11.6 Å². The molecule has 0 atom stereocenters. The lowest BCUT2D eigenvalue weighted by Crippen LogP contribution is -2.45. The van der Waals surface area contributed by atoms with E-state index in [4.69, 9.17) is 15.7 Å². The molecule has 9 heteroatoms. The highest BCUT2D eigenvalue weighted by Gasteiger charge is 2.34. The minimum absolute atomic E-state index is 0.145. The fourth-order valence-electron chi connectivity index (χ4n) is 4.03. The van der Waals surface area contributed by atoms with Gasteiger partial charge in [0.25, 0.3) is 0 Å². The lowest BCUT2D eigenvalue weighted by molar-refractivity contribution is 0.195. The first-order valence-corrected chi connectivity index (χ1v) is 11.4. The van der Waals surface area contributed by atoms with Crippen LogP contribution in [0.5, 0.6) is 5.75 Å². The maximum atomic E-state index is 9.15. The Morgan fingerprint density at radius 2 is 2.03 bits per heavy atom. The van der Waals surface area contributed by atoms with Gasteiger partial charge in [0, 0.05) is 73.9 Å². The molecule has 2 aliphatic rings. The number of rotatable bonds is 6. The molecule has 2 aromatic rings. The van der Waals surface area contributed by atoms with Gasteiger partial charge in [-0.3, -0.25) is 4.98 Å². The van der Waals surface area contributed by atoms with Crippen molar-refractivity contribution in [2.45, 2.75) is 18.8 Å². The minimum atomic E-state index is 0.145. The molecule has 0 spiro atoms. The highest BCUT2D eigenvalue weighted by Crippen LogP contribution is 2.35. The monoisotopic (exact) mass is 495 g/mol. The van der Waals surface area contributed by atoms with Crippen LogP contribution in [0, 0.1) is 17.2 Å². The molecule has 4 rings (SSSR count). The first-order valence-electron chi connectivity index (χ1n) is 10.6. The topological polar surface area (TPSA) is 104 Å². The smallest absolute Gasteiger partial charge is 0.150 e. The lowest BCUT2D eigenvalue weighted by atomic mass is 9.94. The van der Waals surface area contributed by atoms with Crippen molar-refractivity contribution in [2.75, 3.05) is 43.9 Å². The van der Waals surface area contributed by atoms with Crippen LogP contribution in [0.25, 0.3) is 0 Å². The van der Waals surface area contributed by atoms with Crippen LogP contribution in [0.4, 0.5) is 11.5 Å². The highest BCUT2D eigenvalue weighted by atomic mass is 79.9. The minimum Gasteiger partial charge on any atom is -0.495 e. The van der Waals surface area contributed by atoms with Crippen LogP contribution in [-0.2, 0) is 0 Å². The second-order valence-corrected chi connectivity index (χ2v) is 8.90. The molecule has 8 nitrogen and oxygen atoms in total. The van der Waals surface area contributed by atoms with Crippen molar-refractivity contribution in [1.29, 1.82) is 5.26 Å².